The third kappa shape index (κ3) is 1.90. The summed E-state index contributed by atoms with van der Waals surface area (Å²) in [5.41, 5.74) is 0.714. The van der Waals surface area contributed by atoms with Crippen molar-refractivity contribution in [1.29, 1.82) is 0 Å². The zero-order chi connectivity index (χ0) is 10.8. The number of aryl methyl sites for hydroxylation is 1. The van der Waals surface area contributed by atoms with Crippen molar-refractivity contribution in [2.75, 3.05) is 13.1 Å². The Labute approximate surface area is 89.1 Å². The number of carbonyl (C=O) groups is 1. The SMILES string of the molecule is CCn1cccc1C(=O)N1CC[C@@H](O)C1. The van der Waals surface area contributed by atoms with Crippen LogP contribution in [0.2, 0.25) is 0 Å². The number of nitrogens with zero attached hydrogens (tertiary/aromatic N) is 2. The molecule has 82 valence electrons. The molecule has 0 spiro atoms. The summed E-state index contributed by atoms with van der Waals surface area (Å²) in [4.78, 5) is 13.7. The molecule has 1 aromatic heterocycles. The van der Waals surface area contributed by atoms with E-state index in [1.807, 2.05) is 29.8 Å². The van der Waals surface area contributed by atoms with E-state index in [-0.39, 0.29) is 12.0 Å². The molecule has 2 heterocycles. The quantitative estimate of drug-likeness (QED) is 0.778. The fourth-order valence-corrected chi connectivity index (χ4v) is 1.97. The highest BCUT2D eigenvalue weighted by molar-refractivity contribution is 5.93. The molecule has 1 amide bonds. The van der Waals surface area contributed by atoms with Gasteiger partial charge in [-0.3, -0.25) is 4.79 Å². The van der Waals surface area contributed by atoms with E-state index in [1.165, 1.54) is 0 Å². The number of hydrogen-bond acceptors (Lipinski definition) is 2. The van der Waals surface area contributed by atoms with Crippen LogP contribution in [-0.2, 0) is 6.54 Å². The lowest BCUT2D eigenvalue weighted by Crippen LogP contribution is -2.31. The predicted molar refractivity (Wildman–Crippen MR) is 56.6 cm³/mol. The Morgan fingerprint density at radius 1 is 1.67 bits per heavy atom. The number of β-amino-alcohol motifs (C(OH)–C–C–N with tert-alkyl or cyclic N) is 1. The van der Waals surface area contributed by atoms with Gasteiger partial charge in [0.15, 0.2) is 0 Å². The molecular weight excluding hydrogens is 192 g/mol. The van der Waals surface area contributed by atoms with Gasteiger partial charge in [0.05, 0.1) is 6.10 Å². The first-order chi connectivity index (χ1) is 7.22. The normalized spacial score (nSPS) is 20.9. The van der Waals surface area contributed by atoms with Gasteiger partial charge in [0.25, 0.3) is 5.91 Å². The second-order valence-corrected chi connectivity index (χ2v) is 3.87. The standard InChI is InChI=1S/C11H16N2O2/c1-2-12-6-3-4-10(12)11(15)13-7-5-9(14)8-13/h3-4,6,9,14H,2,5,7-8H2,1H3/t9-/m1/s1. The number of amides is 1. The zero-order valence-corrected chi connectivity index (χ0v) is 8.89. The molecule has 2 rings (SSSR count). The summed E-state index contributed by atoms with van der Waals surface area (Å²) in [7, 11) is 0. The van der Waals surface area contributed by atoms with Gasteiger partial charge in [-0.05, 0) is 25.5 Å². The molecule has 1 aliphatic rings. The highest BCUT2D eigenvalue weighted by Crippen LogP contribution is 2.14. The second kappa shape index (κ2) is 4.06. The van der Waals surface area contributed by atoms with Crippen molar-refractivity contribution in [3.63, 3.8) is 0 Å². The molecule has 0 radical (unpaired) electrons. The Morgan fingerprint density at radius 2 is 2.47 bits per heavy atom. The maximum absolute atomic E-state index is 12.0. The lowest BCUT2D eigenvalue weighted by Gasteiger charge is -2.16. The van der Waals surface area contributed by atoms with E-state index in [9.17, 15) is 9.90 Å². The number of hydrogen-bond donors (Lipinski definition) is 1. The summed E-state index contributed by atoms with van der Waals surface area (Å²) in [6, 6.07) is 3.71. The fourth-order valence-electron chi connectivity index (χ4n) is 1.97. The smallest absolute Gasteiger partial charge is 0.270 e. The van der Waals surface area contributed by atoms with Crippen LogP contribution in [0.1, 0.15) is 23.8 Å². The van der Waals surface area contributed by atoms with Crippen molar-refractivity contribution < 1.29 is 9.90 Å². The molecule has 1 atom stereocenters. The summed E-state index contributed by atoms with van der Waals surface area (Å²) in [6.45, 7) is 3.93. The monoisotopic (exact) mass is 208 g/mol. The average Bonchev–Trinajstić information content (AvgIpc) is 2.84. The summed E-state index contributed by atoms with van der Waals surface area (Å²) in [5, 5.41) is 9.37. The molecule has 1 aliphatic heterocycles. The van der Waals surface area contributed by atoms with Crippen LogP contribution in [-0.4, -0.2) is 39.7 Å². The number of carbonyl (C=O) groups excluding carboxylic acids is 1. The average molecular weight is 208 g/mol. The highest BCUT2D eigenvalue weighted by Gasteiger charge is 2.26. The van der Waals surface area contributed by atoms with Crippen molar-refractivity contribution in [1.82, 2.24) is 9.47 Å². The van der Waals surface area contributed by atoms with Gasteiger partial charge in [0, 0.05) is 25.8 Å². The van der Waals surface area contributed by atoms with E-state index in [0.717, 1.165) is 6.54 Å². The minimum atomic E-state index is -0.348. The third-order valence-corrected chi connectivity index (χ3v) is 2.84. The van der Waals surface area contributed by atoms with Crippen molar-refractivity contribution in [2.45, 2.75) is 26.0 Å². The Hall–Kier alpha value is -1.29. The van der Waals surface area contributed by atoms with Gasteiger partial charge < -0.3 is 14.6 Å². The zero-order valence-electron chi connectivity index (χ0n) is 8.89. The number of aromatic nitrogens is 1. The van der Waals surface area contributed by atoms with Crippen LogP contribution in [0.4, 0.5) is 0 Å². The number of aliphatic hydroxyl groups is 1. The lowest BCUT2D eigenvalue weighted by molar-refractivity contribution is 0.0754. The van der Waals surface area contributed by atoms with Gasteiger partial charge >= 0.3 is 0 Å². The number of likely N-dealkylation sites (tertiary alicyclic amines) is 1. The molecule has 4 nitrogen and oxygen atoms in total. The summed E-state index contributed by atoms with van der Waals surface area (Å²) in [6.07, 6.45) is 2.25. The van der Waals surface area contributed by atoms with E-state index in [0.29, 0.717) is 25.2 Å². The largest absolute Gasteiger partial charge is 0.391 e. The van der Waals surface area contributed by atoms with Gasteiger partial charge in [-0.15, -0.1) is 0 Å². The molecule has 0 aromatic carbocycles. The minimum absolute atomic E-state index is 0.0263. The second-order valence-electron chi connectivity index (χ2n) is 3.87. The Balaban J connectivity index is 2.14. The van der Waals surface area contributed by atoms with Crippen LogP contribution >= 0.6 is 0 Å². The molecule has 1 saturated heterocycles. The molecule has 0 saturated carbocycles. The fraction of sp³-hybridized carbons (Fsp3) is 0.545. The molecule has 0 aliphatic carbocycles. The maximum atomic E-state index is 12.0. The Bertz CT molecular complexity index is 359. The van der Waals surface area contributed by atoms with Crippen molar-refractivity contribution in [3.05, 3.63) is 24.0 Å². The Morgan fingerprint density at radius 3 is 3.07 bits per heavy atom. The van der Waals surface area contributed by atoms with E-state index in [1.54, 1.807) is 4.90 Å². The van der Waals surface area contributed by atoms with E-state index < -0.39 is 0 Å². The molecule has 15 heavy (non-hydrogen) atoms. The molecule has 0 unspecified atom stereocenters. The summed E-state index contributed by atoms with van der Waals surface area (Å²) in [5.74, 6) is 0.0263. The van der Waals surface area contributed by atoms with Gasteiger partial charge in [0.1, 0.15) is 5.69 Å². The topological polar surface area (TPSA) is 45.5 Å². The number of aliphatic hydroxyl groups excluding tert-OH is 1. The summed E-state index contributed by atoms with van der Waals surface area (Å²) >= 11 is 0. The molecule has 1 aromatic rings. The number of rotatable bonds is 2. The third-order valence-electron chi connectivity index (χ3n) is 2.84. The lowest BCUT2D eigenvalue weighted by atomic mass is 10.3. The molecular formula is C11H16N2O2. The van der Waals surface area contributed by atoms with Crippen LogP contribution in [0.5, 0.6) is 0 Å². The van der Waals surface area contributed by atoms with Gasteiger partial charge in [-0.25, -0.2) is 0 Å². The van der Waals surface area contributed by atoms with Crippen LogP contribution in [0.3, 0.4) is 0 Å². The predicted octanol–water partition coefficient (Wildman–Crippen LogP) is 0.715. The van der Waals surface area contributed by atoms with Crippen LogP contribution < -0.4 is 0 Å². The van der Waals surface area contributed by atoms with Crippen molar-refractivity contribution in [3.8, 4) is 0 Å². The Kier molecular flexibility index (Phi) is 2.77. The van der Waals surface area contributed by atoms with Crippen LogP contribution in [0, 0.1) is 0 Å². The molecule has 1 N–H and O–H groups in total. The highest BCUT2D eigenvalue weighted by atomic mass is 16.3. The van der Waals surface area contributed by atoms with E-state index in [2.05, 4.69) is 0 Å². The van der Waals surface area contributed by atoms with Crippen molar-refractivity contribution in [2.24, 2.45) is 0 Å². The van der Waals surface area contributed by atoms with E-state index in [4.69, 9.17) is 0 Å². The first-order valence-electron chi connectivity index (χ1n) is 5.35. The van der Waals surface area contributed by atoms with Gasteiger partial charge in [-0.1, -0.05) is 0 Å². The molecule has 4 heteroatoms. The minimum Gasteiger partial charge on any atom is -0.391 e. The first-order valence-corrected chi connectivity index (χ1v) is 5.35. The van der Waals surface area contributed by atoms with Crippen molar-refractivity contribution >= 4 is 5.91 Å². The first kappa shape index (κ1) is 10.2. The summed E-state index contributed by atoms with van der Waals surface area (Å²) < 4.78 is 1.92. The molecule has 0 bridgehead atoms. The van der Waals surface area contributed by atoms with E-state index >= 15 is 0 Å². The van der Waals surface area contributed by atoms with Gasteiger partial charge in [-0.2, -0.15) is 0 Å². The van der Waals surface area contributed by atoms with Crippen LogP contribution in [0.15, 0.2) is 18.3 Å². The van der Waals surface area contributed by atoms with Gasteiger partial charge in [0.2, 0.25) is 0 Å². The molecule has 1 fully saturated rings. The van der Waals surface area contributed by atoms with Crippen LogP contribution in [0.25, 0.3) is 0 Å². The maximum Gasteiger partial charge on any atom is 0.270 e.